The number of carbonyl (C=O) groups excluding carboxylic acids is 2. The lowest BCUT2D eigenvalue weighted by Gasteiger charge is -2.34. The third kappa shape index (κ3) is 5.59. The molecule has 2 aromatic rings. The van der Waals surface area contributed by atoms with Gasteiger partial charge in [-0.1, -0.05) is 42.5 Å². The van der Waals surface area contributed by atoms with Crippen molar-refractivity contribution >= 4 is 33.6 Å². The Morgan fingerprint density at radius 1 is 0.931 bits per heavy atom. The van der Waals surface area contributed by atoms with Crippen molar-refractivity contribution in [2.45, 2.75) is 10.6 Å². The van der Waals surface area contributed by atoms with Gasteiger partial charge in [0.2, 0.25) is 15.9 Å². The Bertz CT molecular complexity index is 972. The standard InChI is InChI=1S/C20H23N3O4S2/c21-19(24)14-28-18-9-5-4-8-17(18)20(25)22-10-12-23(13-11-22)29(26,27)15-16-6-2-1-3-7-16/h1-9H,10-15H2,(H2,21,24). The van der Waals surface area contributed by atoms with Crippen LogP contribution in [0, 0.1) is 0 Å². The minimum atomic E-state index is -3.44. The SMILES string of the molecule is NC(=O)CSc1ccccc1C(=O)N1CCN(S(=O)(=O)Cc2ccccc2)CC1. The molecule has 154 valence electrons. The van der Waals surface area contributed by atoms with E-state index in [0.717, 1.165) is 5.56 Å². The lowest BCUT2D eigenvalue weighted by molar-refractivity contribution is -0.115. The fraction of sp³-hybridized carbons (Fsp3) is 0.300. The largest absolute Gasteiger partial charge is 0.369 e. The zero-order chi connectivity index (χ0) is 20.9. The third-order valence-corrected chi connectivity index (χ3v) is 7.54. The van der Waals surface area contributed by atoms with Gasteiger partial charge in [-0.15, -0.1) is 11.8 Å². The summed E-state index contributed by atoms with van der Waals surface area (Å²) in [6.45, 7) is 1.17. The van der Waals surface area contributed by atoms with Crippen molar-refractivity contribution in [2.24, 2.45) is 5.73 Å². The topological polar surface area (TPSA) is 101 Å². The third-order valence-electron chi connectivity index (χ3n) is 4.60. The van der Waals surface area contributed by atoms with Gasteiger partial charge in [-0.05, 0) is 17.7 Å². The molecular weight excluding hydrogens is 410 g/mol. The Balaban J connectivity index is 1.63. The number of nitrogens with two attached hydrogens (primary N) is 1. The first-order valence-electron chi connectivity index (χ1n) is 9.18. The molecule has 1 heterocycles. The van der Waals surface area contributed by atoms with Gasteiger partial charge in [0, 0.05) is 31.1 Å². The number of benzene rings is 2. The zero-order valence-electron chi connectivity index (χ0n) is 15.9. The first-order valence-corrected chi connectivity index (χ1v) is 11.8. The van der Waals surface area contributed by atoms with Crippen LogP contribution in [-0.2, 0) is 20.6 Å². The second-order valence-electron chi connectivity index (χ2n) is 6.68. The number of thioether (sulfide) groups is 1. The maximum atomic E-state index is 12.9. The highest BCUT2D eigenvalue weighted by atomic mass is 32.2. The Labute approximate surface area is 174 Å². The summed E-state index contributed by atoms with van der Waals surface area (Å²) >= 11 is 1.23. The van der Waals surface area contributed by atoms with E-state index in [4.69, 9.17) is 5.73 Å². The van der Waals surface area contributed by atoms with Crippen LogP contribution in [0.25, 0.3) is 0 Å². The summed E-state index contributed by atoms with van der Waals surface area (Å²) < 4.78 is 26.8. The molecule has 1 aliphatic heterocycles. The minimum absolute atomic E-state index is 0.0472. The van der Waals surface area contributed by atoms with Crippen molar-refractivity contribution in [3.8, 4) is 0 Å². The van der Waals surface area contributed by atoms with Gasteiger partial charge in [-0.3, -0.25) is 9.59 Å². The fourth-order valence-electron chi connectivity index (χ4n) is 3.13. The molecule has 0 aromatic heterocycles. The summed E-state index contributed by atoms with van der Waals surface area (Å²) in [7, 11) is -3.44. The van der Waals surface area contributed by atoms with Crippen molar-refractivity contribution in [2.75, 3.05) is 31.9 Å². The number of carbonyl (C=O) groups is 2. The fourth-order valence-corrected chi connectivity index (χ4v) is 5.43. The van der Waals surface area contributed by atoms with Crippen molar-refractivity contribution in [3.05, 3.63) is 65.7 Å². The van der Waals surface area contributed by atoms with E-state index in [1.54, 1.807) is 41.3 Å². The van der Waals surface area contributed by atoms with Gasteiger partial charge >= 0.3 is 0 Å². The molecule has 0 bridgehead atoms. The van der Waals surface area contributed by atoms with Crippen molar-refractivity contribution in [1.29, 1.82) is 0 Å². The normalized spacial score (nSPS) is 15.2. The van der Waals surface area contributed by atoms with E-state index in [0.29, 0.717) is 23.5 Å². The van der Waals surface area contributed by atoms with Crippen LogP contribution >= 0.6 is 11.8 Å². The maximum Gasteiger partial charge on any atom is 0.255 e. The molecule has 1 aliphatic rings. The van der Waals surface area contributed by atoms with Gasteiger partial charge in [0.25, 0.3) is 5.91 Å². The summed E-state index contributed by atoms with van der Waals surface area (Å²) in [5.41, 5.74) is 6.44. The van der Waals surface area contributed by atoms with Crippen LogP contribution in [0.15, 0.2) is 59.5 Å². The second kappa shape index (κ2) is 9.43. The van der Waals surface area contributed by atoms with Gasteiger partial charge in [0.1, 0.15) is 0 Å². The smallest absolute Gasteiger partial charge is 0.255 e. The molecule has 0 atom stereocenters. The van der Waals surface area contributed by atoms with Gasteiger partial charge in [0.15, 0.2) is 0 Å². The average Bonchev–Trinajstić information content (AvgIpc) is 2.72. The van der Waals surface area contributed by atoms with Gasteiger partial charge in [-0.2, -0.15) is 4.31 Å². The molecule has 0 unspecified atom stereocenters. The summed E-state index contributed by atoms with van der Waals surface area (Å²) in [5, 5.41) is 0. The highest BCUT2D eigenvalue weighted by Crippen LogP contribution is 2.24. The van der Waals surface area contributed by atoms with E-state index < -0.39 is 15.9 Å². The van der Waals surface area contributed by atoms with Gasteiger partial charge < -0.3 is 10.6 Å². The van der Waals surface area contributed by atoms with Gasteiger partial charge in [0.05, 0.1) is 17.1 Å². The first-order chi connectivity index (χ1) is 13.9. The highest BCUT2D eigenvalue weighted by molar-refractivity contribution is 8.00. The Morgan fingerprint density at radius 3 is 2.21 bits per heavy atom. The monoisotopic (exact) mass is 433 g/mol. The van der Waals surface area contributed by atoms with E-state index in [9.17, 15) is 18.0 Å². The number of sulfonamides is 1. The minimum Gasteiger partial charge on any atom is -0.369 e. The number of amides is 2. The quantitative estimate of drug-likeness (QED) is 0.668. The van der Waals surface area contributed by atoms with E-state index in [2.05, 4.69) is 0 Å². The molecule has 7 nitrogen and oxygen atoms in total. The lowest BCUT2D eigenvalue weighted by Crippen LogP contribution is -2.50. The molecule has 2 aromatic carbocycles. The van der Waals surface area contributed by atoms with E-state index in [1.165, 1.54) is 16.1 Å². The number of piperazine rings is 1. The molecule has 0 radical (unpaired) electrons. The number of rotatable bonds is 7. The summed E-state index contributed by atoms with van der Waals surface area (Å²) in [6.07, 6.45) is 0. The molecule has 0 aliphatic carbocycles. The molecule has 1 saturated heterocycles. The number of primary amides is 1. The lowest BCUT2D eigenvalue weighted by atomic mass is 10.2. The summed E-state index contributed by atoms with van der Waals surface area (Å²) in [5.74, 6) is -0.573. The Hall–Kier alpha value is -2.36. The van der Waals surface area contributed by atoms with Crippen LogP contribution in [0.4, 0.5) is 0 Å². The van der Waals surface area contributed by atoms with E-state index in [1.807, 2.05) is 18.2 Å². The van der Waals surface area contributed by atoms with Crippen LogP contribution in [0.3, 0.4) is 0 Å². The number of nitrogens with zero attached hydrogens (tertiary/aromatic N) is 2. The van der Waals surface area contributed by atoms with Crippen LogP contribution in [0.1, 0.15) is 15.9 Å². The van der Waals surface area contributed by atoms with Crippen molar-refractivity contribution < 1.29 is 18.0 Å². The number of hydrogen-bond acceptors (Lipinski definition) is 5. The highest BCUT2D eigenvalue weighted by Gasteiger charge is 2.30. The molecule has 9 heteroatoms. The van der Waals surface area contributed by atoms with Crippen LogP contribution in [0.5, 0.6) is 0 Å². The second-order valence-corrected chi connectivity index (χ2v) is 9.67. The molecule has 3 rings (SSSR count). The molecule has 2 amide bonds. The van der Waals surface area contributed by atoms with E-state index in [-0.39, 0.29) is 30.5 Å². The Morgan fingerprint density at radius 2 is 1.55 bits per heavy atom. The van der Waals surface area contributed by atoms with Crippen molar-refractivity contribution in [3.63, 3.8) is 0 Å². The van der Waals surface area contributed by atoms with E-state index >= 15 is 0 Å². The van der Waals surface area contributed by atoms with Crippen LogP contribution in [-0.4, -0.2) is 61.4 Å². The van der Waals surface area contributed by atoms with Crippen LogP contribution in [0.2, 0.25) is 0 Å². The predicted molar refractivity (Wildman–Crippen MR) is 113 cm³/mol. The van der Waals surface area contributed by atoms with Crippen LogP contribution < -0.4 is 5.73 Å². The average molecular weight is 434 g/mol. The Kier molecular flexibility index (Phi) is 6.94. The molecule has 1 fully saturated rings. The molecule has 2 N–H and O–H groups in total. The number of hydrogen-bond donors (Lipinski definition) is 1. The molecular formula is C20H23N3O4S2. The summed E-state index contributed by atoms with van der Waals surface area (Å²) in [6, 6.07) is 16.1. The zero-order valence-corrected chi connectivity index (χ0v) is 17.5. The first kappa shape index (κ1) is 21.4. The van der Waals surface area contributed by atoms with Gasteiger partial charge in [-0.25, -0.2) is 8.42 Å². The summed E-state index contributed by atoms with van der Waals surface area (Å²) in [4.78, 5) is 26.3. The molecule has 0 spiro atoms. The molecule has 29 heavy (non-hydrogen) atoms. The molecule has 0 saturated carbocycles. The predicted octanol–water partition coefficient (Wildman–Crippen LogP) is 1.55. The van der Waals surface area contributed by atoms with Crippen molar-refractivity contribution in [1.82, 2.24) is 9.21 Å². The maximum absolute atomic E-state index is 12.9.